The normalized spacial score (nSPS) is 9.08. The Morgan fingerprint density at radius 1 is 1.77 bits per heavy atom. The van der Waals surface area contributed by atoms with Crippen LogP contribution in [-0.4, -0.2) is 20.9 Å². The Balaban J connectivity index is 3.01. The van der Waals surface area contributed by atoms with E-state index < -0.39 is 5.97 Å². The van der Waals surface area contributed by atoms with E-state index in [4.69, 9.17) is 5.11 Å². The van der Waals surface area contributed by atoms with Gasteiger partial charge >= 0.3 is 5.97 Å². The fourth-order valence-corrected chi connectivity index (χ4v) is 1.00. The van der Waals surface area contributed by atoms with Crippen LogP contribution in [0.2, 0.25) is 0 Å². The van der Waals surface area contributed by atoms with Crippen molar-refractivity contribution >= 4 is 5.97 Å². The first kappa shape index (κ1) is 9.33. The molecule has 0 spiro atoms. The number of nitrogens with zero attached hydrogens (tertiary/aromatic N) is 2. The van der Waals surface area contributed by atoms with E-state index in [2.05, 4.69) is 16.9 Å². The van der Waals surface area contributed by atoms with Gasteiger partial charge in [-0.2, -0.15) is 5.10 Å². The summed E-state index contributed by atoms with van der Waals surface area (Å²) in [5.41, 5.74) is 1.49. The van der Waals surface area contributed by atoms with Crippen LogP contribution in [0.4, 0.5) is 0 Å². The Labute approximate surface area is 76.2 Å². The van der Waals surface area contributed by atoms with Crippen molar-refractivity contribution < 1.29 is 9.90 Å². The van der Waals surface area contributed by atoms with Crippen LogP contribution in [0.5, 0.6) is 0 Å². The lowest BCUT2D eigenvalue weighted by Crippen LogP contribution is -2.00. The summed E-state index contributed by atoms with van der Waals surface area (Å²) in [5, 5.41) is 12.5. The van der Waals surface area contributed by atoms with Crippen LogP contribution in [0.3, 0.4) is 0 Å². The molecule has 0 aliphatic rings. The monoisotopic (exact) mass is 178 g/mol. The highest BCUT2D eigenvalue weighted by molar-refractivity contribution is 5.87. The molecule has 4 nitrogen and oxygen atoms in total. The highest BCUT2D eigenvalue weighted by Gasteiger charge is 1.99. The maximum atomic E-state index is 10.2. The smallest absolute Gasteiger partial charge is 0.382 e. The Morgan fingerprint density at radius 2 is 2.46 bits per heavy atom. The molecule has 0 aliphatic heterocycles. The molecule has 1 aromatic rings. The van der Waals surface area contributed by atoms with Gasteiger partial charge < -0.3 is 5.11 Å². The summed E-state index contributed by atoms with van der Waals surface area (Å²) in [6, 6.07) is 1.76. The molecule has 0 aliphatic carbocycles. The van der Waals surface area contributed by atoms with Crippen molar-refractivity contribution in [1.82, 2.24) is 9.78 Å². The molecule has 1 heterocycles. The molecule has 13 heavy (non-hydrogen) atoms. The maximum absolute atomic E-state index is 10.2. The molecule has 0 saturated carbocycles. The van der Waals surface area contributed by atoms with Gasteiger partial charge in [0.15, 0.2) is 0 Å². The van der Waals surface area contributed by atoms with Crippen molar-refractivity contribution in [3.05, 3.63) is 17.5 Å². The first-order valence-corrected chi connectivity index (χ1v) is 3.93. The standard InChI is InChI=1S/C9H10N2O2/c1-3-11-8(4-5-9(12)13)6-7(2)10-11/h6H,3H2,1-2H3,(H,12,13). The van der Waals surface area contributed by atoms with E-state index in [0.717, 1.165) is 5.69 Å². The summed E-state index contributed by atoms with van der Waals surface area (Å²) in [4.78, 5) is 10.2. The molecule has 0 unspecified atom stereocenters. The number of aliphatic carboxylic acids is 1. The molecule has 1 rings (SSSR count). The molecule has 1 aromatic heterocycles. The zero-order chi connectivity index (χ0) is 9.84. The fourth-order valence-electron chi connectivity index (χ4n) is 1.00. The summed E-state index contributed by atoms with van der Waals surface area (Å²) in [7, 11) is 0. The van der Waals surface area contributed by atoms with Gasteiger partial charge in [-0.05, 0) is 25.8 Å². The largest absolute Gasteiger partial charge is 0.472 e. The quantitative estimate of drug-likeness (QED) is 0.642. The van der Waals surface area contributed by atoms with E-state index in [9.17, 15) is 4.79 Å². The second-order valence-corrected chi connectivity index (χ2v) is 2.54. The van der Waals surface area contributed by atoms with E-state index in [1.165, 1.54) is 0 Å². The zero-order valence-electron chi connectivity index (χ0n) is 7.53. The van der Waals surface area contributed by atoms with Gasteiger partial charge in [-0.15, -0.1) is 0 Å². The number of aromatic nitrogens is 2. The van der Waals surface area contributed by atoms with E-state index in [0.29, 0.717) is 12.2 Å². The van der Waals surface area contributed by atoms with Gasteiger partial charge in [-0.25, -0.2) is 4.79 Å². The lowest BCUT2D eigenvalue weighted by Gasteiger charge is -1.94. The van der Waals surface area contributed by atoms with Gasteiger partial charge in [0.2, 0.25) is 0 Å². The molecular weight excluding hydrogens is 168 g/mol. The second-order valence-electron chi connectivity index (χ2n) is 2.54. The van der Waals surface area contributed by atoms with Crippen molar-refractivity contribution in [2.45, 2.75) is 20.4 Å². The predicted octanol–water partition coefficient (Wildman–Crippen LogP) is 0.648. The third-order valence-corrected chi connectivity index (χ3v) is 1.50. The van der Waals surface area contributed by atoms with Crippen LogP contribution in [0, 0.1) is 18.8 Å². The summed E-state index contributed by atoms with van der Waals surface area (Å²) >= 11 is 0. The molecule has 0 fully saturated rings. The van der Waals surface area contributed by atoms with Gasteiger partial charge in [-0.1, -0.05) is 0 Å². The lowest BCUT2D eigenvalue weighted by atomic mass is 10.3. The molecule has 0 aromatic carbocycles. The number of rotatable bonds is 1. The summed E-state index contributed by atoms with van der Waals surface area (Å²) in [6.45, 7) is 4.47. The van der Waals surface area contributed by atoms with E-state index in [1.54, 1.807) is 10.7 Å². The third-order valence-electron chi connectivity index (χ3n) is 1.50. The number of hydrogen-bond donors (Lipinski definition) is 1. The fraction of sp³-hybridized carbons (Fsp3) is 0.333. The Morgan fingerprint density at radius 3 is 3.00 bits per heavy atom. The number of carboxylic acids is 1. The minimum Gasteiger partial charge on any atom is -0.472 e. The van der Waals surface area contributed by atoms with Gasteiger partial charge in [0.25, 0.3) is 0 Å². The topological polar surface area (TPSA) is 55.1 Å². The van der Waals surface area contributed by atoms with Gasteiger partial charge in [-0.3, -0.25) is 4.68 Å². The first-order chi connectivity index (χ1) is 6.13. The molecular formula is C9H10N2O2. The predicted molar refractivity (Wildman–Crippen MR) is 47.2 cm³/mol. The van der Waals surface area contributed by atoms with Crippen LogP contribution < -0.4 is 0 Å². The van der Waals surface area contributed by atoms with Crippen LogP contribution in [0.15, 0.2) is 6.07 Å². The Hall–Kier alpha value is -1.76. The molecule has 0 amide bonds. The second kappa shape index (κ2) is 3.76. The summed E-state index contributed by atoms with van der Waals surface area (Å²) in [5.74, 6) is 3.47. The molecule has 0 atom stereocenters. The molecule has 0 saturated heterocycles. The first-order valence-electron chi connectivity index (χ1n) is 3.93. The van der Waals surface area contributed by atoms with E-state index >= 15 is 0 Å². The van der Waals surface area contributed by atoms with Crippen molar-refractivity contribution in [1.29, 1.82) is 0 Å². The third kappa shape index (κ3) is 2.34. The number of aryl methyl sites for hydroxylation is 2. The summed E-state index contributed by atoms with van der Waals surface area (Å²) in [6.07, 6.45) is 0. The van der Waals surface area contributed by atoms with Crippen LogP contribution in [0.1, 0.15) is 18.3 Å². The van der Waals surface area contributed by atoms with Crippen molar-refractivity contribution in [2.24, 2.45) is 0 Å². The summed E-state index contributed by atoms with van der Waals surface area (Å²) < 4.78 is 1.67. The van der Waals surface area contributed by atoms with Gasteiger partial charge in [0.05, 0.1) is 5.69 Å². The minimum atomic E-state index is -1.12. The molecule has 0 bridgehead atoms. The average molecular weight is 178 g/mol. The SMILES string of the molecule is CCn1nc(C)cc1C#CC(=O)O. The Kier molecular flexibility index (Phi) is 2.70. The number of carboxylic acid groups (broad SMARTS) is 1. The molecule has 1 N–H and O–H groups in total. The minimum absolute atomic E-state index is 0.641. The van der Waals surface area contributed by atoms with Gasteiger partial charge in [0, 0.05) is 12.5 Å². The van der Waals surface area contributed by atoms with Crippen LogP contribution in [0.25, 0.3) is 0 Å². The molecule has 4 heteroatoms. The maximum Gasteiger partial charge on any atom is 0.382 e. The van der Waals surface area contributed by atoms with Crippen LogP contribution in [-0.2, 0) is 11.3 Å². The van der Waals surface area contributed by atoms with Crippen molar-refractivity contribution in [2.75, 3.05) is 0 Å². The molecule has 0 radical (unpaired) electrons. The zero-order valence-corrected chi connectivity index (χ0v) is 7.53. The van der Waals surface area contributed by atoms with Crippen molar-refractivity contribution in [3.8, 4) is 11.8 Å². The van der Waals surface area contributed by atoms with E-state index in [-0.39, 0.29) is 0 Å². The van der Waals surface area contributed by atoms with Crippen LogP contribution >= 0.6 is 0 Å². The highest BCUT2D eigenvalue weighted by Crippen LogP contribution is 2.01. The van der Waals surface area contributed by atoms with Gasteiger partial charge in [0.1, 0.15) is 5.69 Å². The average Bonchev–Trinajstić information content (AvgIpc) is 2.42. The lowest BCUT2D eigenvalue weighted by molar-refractivity contribution is -0.130. The number of hydrogen-bond acceptors (Lipinski definition) is 2. The number of carbonyl (C=O) groups is 1. The van der Waals surface area contributed by atoms with E-state index in [1.807, 2.05) is 13.8 Å². The molecule has 68 valence electrons. The van der Waals surface area contributed by atoms with Crippen molar-refractivity contribution in [3.63, 3.8) is 0 Å². The highest BCUT2D eigenvalue weighted by atomic mass is 16.4. The Bertz CT molecular complexity index is 382.